The average molecular weight is 310 g/mol. The fourth-order valence-electron chi connectivity index (χ4n) is 2.13. The summed E-state index contributed by atoms with van der Waals surface area (Å²) < 4.78 is 38.6. The first-order valence-electron chi connectivity index (χ1n) is 7.19. The molecule has 0 unspecified atom stereocenters. The Morgan fingerprint density at radius 3 is 2.32 bits per heavy atom. The third-order valence-corrected chi connectivity index (χ3v) is 4.12. The predicted octanol–water partition coefficient (Wildman–Crippen LogP) is 2.59. The van der Waals surface area contributed by atoms with Gasteiger partial charge in [-0.25, -0.2) is 0 Å². The van der Waals surface area contributed by atoms with Crippen LogP contribution in [0.2, 0.25) is 0 Å². The summed E-state index contributed by atoms with van der Waals surface area (Å²) in [5.74, 6) is -1.70. The number of likely N-dealkylation sites (N-methyl/N-ethyl adjacent to an activating group) is 1. The van der Waals surface area contributed by atoms with Gasteiger partial charge in [0.2, 0.25) is 11.9 Å². The zero-order chi connectivity index (χ0) is 16.5. The van der Waals surface area contributed by atoms with Crippen LogP contribution in [0.3, 0.4) is 0 Å². The van der Waals surface area contributed by atoms with Crippen molar-refractivity contribution in [1.29, 1.82) is 0 Å². The molecule has 1 aromatic rings. The van der Waals surface area contributed by atoms with Gasteiger partial charge in [0, 0.05) is 12.1 Å². The van der Waals surface area contributed by atoms with Crippen LogP contribution in [0.4, 0.5) is 8.78 Å². The highest BCUT2D eigenvalue weighted by Crippen LogP contribution is 2.38. The van der Waals surface area contributed by atoms with Crippen LogP contribution in [0.15, 0.2) is 17.6 Å². The second kappa shape index (κ2) is 6.06. The maximum Gasteiger partial charge on any atom is 0.491 e. The second-order valence-corrected chi connectivity index (χ2v) is 6.35. The van der Waals surface area contributed by atoms with Crippen LogP contribution in [0.25, 0.3) is 6.08 Å². The SMILES string of the molecule is CNCC(=Cc1ccc(F)nc1F)B1OC(C)(C)C(C)(C)O1. The number of nitrogens with zero attached hydrogens (tertiary/aromatic N) is 1. The Labute approximate surface area is 130 Å². The normalized spacial score (nSPS) is 20.5. The van der Waals surface area contributed by atoms with Gasteiger partial charge in [-0.05, 0) is 52.3 Å². The molecule has 0 spiro atoms. The summed E-state index contributed by atoms with van der Waals surface area (Å²) in [5.41, 5.74) is -0.0522. The fraction of sp³-hybridized carbons (Fsp3) is 0.533. The summed E-state index contributed by atoms with van der Waals surface area (Å²) in [5, 5.41) is 3.01. The minimum Gasteiger partial charge on any atom is -0.400 e. The molecular weight excluding hydrogens is 289 g/mol. The zero-order valence-electron chi connectivity index (χ0n) is 13.5. The van der Waals surface area contributed by atoms with E-state index in [9.17, 15) is 8.78 Å². The summed E-state index contributed by atoms with van der Waals surface area (Å²) in [4.78, 5) is 3.19. The third-order valence-electron chi connectivity index (χ3n) is 4.12. The van der Waals surface area contributed by atoms with Crippen molar-refractivity contribution >= 4 is 13.2 Å². The molecule has 0 amide bonds. The smallest absolute Gasteiger partial charge is 0.400 e. The van der Waals surface area contributed by atoms with E-state index in [1.807, 2.05) is 27.7 Å². The number of hydrogen-bond acceptors (Lipinski definition) is 4. The molecule has 0 bridgehead atoms. The molecule has 2 heterocycles. The first-order chi connectivity index (χ1) is 10.2. The summed E-state index contributed by atoms with van der Waals surface area (Å²) in [6.07, 6.45) is 1.58. The van der Waals surface area contributed by atoms with Crippen LogP contribution < -0.4 is 5.32 Å². The van der Waals surface area contributed by atoms with Crippen LogP contribution in [0.1, 0.15) is 33.3 Å². The Balaban J connectivity index is 2.33. The summed E-state index contributed by atoms with van der Waals surface area (Å²) in [6, 6.07) is 2.47. The highest BCUT2D eigenvalue weighted by atomic mass is 19.1. The Morgan fingerprint density at radius 1 is 1.23 bits per heavy atom. The lowest BCUT2D eigenvalue weighted by Gasteiger charge is -2.32. The summed E-state index contributed by atoms with van der Waals surface area (Å²) in [7, 11) is 1.18. The van der Waals surface area contributed by atoms with Crippen molar-refractivity contribution < 1.29 is 18.1 Å². The zero-order valence-corrected chi connectivity index (χ0v) is 13.5. The van der Waals surface area contributed by atoms with Gasteiger partial charge in [0.05, 0.1) is 11.2 Å². The number of nitrogens with one attached hydrogen (secondary N) is 1. The van der Waals surface area contributed by atoms with Crippen LogP contribution in [0, 0.1) is 11.9 Å². The highest BCUT2D eigenvalue weighted by Gasteiger charge is 2.52. The Hall–Kier alpha value is -1.31. The van der Waals surface area contributed by atoms with Gasteiger partial charge in [-0.15, -0.1) is 0 Å². The Kier molecular flexibility index (Phi) is 4.70. The van der Waals surface area contributed by atoms with Crippen LogP contribution in [-0.2, 0) is 9.31 Å². The fourth-order valence-corrected chi connectivity index (χ4v) is 2.13. The van der Waals surface area contributed by atoms with Crippen molar-refractivity contribution in [3.05, 3.63) is 35.1 Å². The van der Waals surface area contributed by atoms with E-state index in [0.29, 0.717) is 12.0 Å². The van der Waals surface area contributed by atoms with Gasteiger partial charge in [0.15, 0.2) is 0 Å². The largest absolute Gasteiger partial charge is 0.491 e. The monoisotopic (exact) mass is 310 g/mol. The van der Waals surface area contributed by atoms with E-state index in [-0.39, 0.29) is 5.56 Å². The first-order valence-corrected chi connectivity index (χ1v) is 7.19. The molecule has 1 fully saturated rings. The van der Waals surface area contributed by atoms with Gasteiger partial charge >= 0.3 is 7.12 Å². The molecule has 2 rings (SSSR count). The van der Waals surface area contributed by atoms with Crippen molar-refractivity contribution in [3.63, 3.8) is 0 Å². The molecule has 1 N–H and O–H groups in total. The van der Waals surface area contributed by atoms with Crippen LogP contribution >= 0.6 is 0 Å². The number of hydrogen-bond donors (Lipinski definition) is 1. The molecule has 0 atom stereocenters. The van der Waals surface area contributed by atoms with Crippen molar-refractivity contribution in [1.82, 2.24) is 10.3 Å². The molecular formula is C15H21BF2N2O2. The molecule has 120 valence electrons. The lowest BCUT2D eigenvalue weighted by Crippen LogP contribution is -2.41. The van der Waals surface area contributed by atoms with Crippen molar-refractivity contribution in [2.75, 3.05) is 13.6 Å². The minimum atomic E-state index is -0.856. The molecule has 22 heavy (non-hydrogen) atoms. The molecule has 0 saturated carbocycles. The topological polar surface area (TPSA) is 43.4 Å². The Morgan fingerprint density at radius 2 is 1.82 bits per heavy atom. The molecule has 1 aliphatic rings. The maximum absolute atomic E-state index is 13.7. The van der Waals surface area contributed by atoms with Crippen molar-refractivity contribution in [2.24, 2.45) is 0 Å². The number of pyridine rings is 1. The van der Waals surface area contributed by atoms with Gasteiger partial charge in [-0.1, -0.05) is 6.08 Å². The van der Waals surface area contributed by atoms with E-state index in [1.165, 1.54) is 6.07 Å². The molecule has 4 nitrogen and oxygen atoms in total. The number of aromatic nitrogens is 1. The van der Waals surface area contributed by atoms with E-state index in [1.54, 1.807) is 13.1 Å². The van der Waals surface area contributed by atoms with Crippen molar-refractivity contribution in [3.8, 4) is 0 Å². The molecule has 1 aliphatic heterocycles. The predicted molar refractivity (Wildman–Crippen MR) is 82.1 cm³/mol. The van der Waals surface area contributed by atoms with E-state index in [0.717, 1.165) is 6.07 Å². The highest BCUT2D eigenvalue weighted by molar-refractivity contribution is 6.55. The van der Waals surface area contributed by atoms with Gasteiger partial charge < -0.3 is 14.6 Å². The lowest BCUT2D eigenvalue weighted by molar-refractivity contribution is 0.00578. The van der Waals surface area contributed by atoms with Crippen LogP contribution in [-0.4, -0.2) is 36.9 Å². The van der Waals surface area contributed by atoms with Gasteiger partial charge in [-0.3, -0.25) is 0 Å². The maximum atomic E-state index is 13.7. The van der Waals surface area contributed by atoms with Crippen molar-refractivity contribution in [2.45, 2.75) is 38.9 Å². The number of halogens is 2. The third kappa shape index (κ3) is 3.37. The minimum absolute atomic E-state index is 0.196. The van der Waals surface area contributed by atoms with E-state index in [2.05, 4.69) is 10.3 Å². The molecule has 7 heteroatoms. The molecule has 0 aliphatic carbocycles. The van der Waals surface area contributed by atoms with Gasteiger partial charge in [-0.2, -0.15) is 13.8 Å². The molecule has 1 saturated heterocycles. The lowest BCUT2D eigenvalue weighted by atomic mass is 9.77. The standard InChI is InChI=1S/C15H21BF2N2O2/c1-14(2)15(3,4)22-16(21-14)11(9-19-5)8-10-6-7-12(17)20-13(10)18/h6-8,19H,9H2,1-5H3. The van der Waals surface area contributed by atoms with Crippen LogP contribution in [0.5, 0.6) is 0 Å². The molecule has 1 aromatic heterocycles. The second-order valence-electron chi connectivity index (χ2n) is 6.35. The number of rotatable bonds is 4. The van der Waals surface area contributed by atoms with Gasteiger partial charge in [0.25, 0.3) is 0 Å². The Bertz CT molecular complexity index is 575. The molecule has 0 radical (unpaired) electrons. The van der Waals surface area contributed by atoms with E-state index >= 15 is 0 Å². The van der Waals surface area contributed by atoms with E-state index < -0.39 is 30.2 Å². The average Bonchev–Trinajstić information content (AvgIpc) is 2.61. The van der Waals surface area contributed by atoms with E-state index in [4.69, 9.17) is 9.31 Å². The quantitative estimate of drug-likeness (QED) is 0.686. The molecule has 0 aromatic carbocycles. The summed E-state index contributed by atoms with van der Waals surface area (Å²) in [6.45, 7) is 8.25. The summed E-state index contributed by atoms with van der Waals surface area (Å²) >= 11 is 0. The van der Waals surface area contributed by atoms with Gasteiger partial charge in [0.1, 0.15) is 0 Å². The first kappa shape index (κ1) is 17.1.